The molecule has 0 aliphatic carbocycles. The highest BCUT2D eigenvalue weighted by Crippen LogP contribution is 2.32. The van der Waals surface area contributed by atoms with Gasteiger partial charge in [0.25, 0.3) is 0 Å². The van der Waals surface area contributed by atoms with E-state index in [-0.39, 0.29) is 5.91 Å². The summed E-state index contributed by atoms with van der Waals surface area (Å²) < 4.78 is 0. The molecule has 3 nitrogen and oxygen atoms in total. The number of amides is 1. The predicted octanol–water partition coefficient (Wildman–Crippen LogP) is 1.89. The zero-order chi connectivity index (χ0) is 10.3. The molecule has 0 bridgehead atoms. The third-order valence-electron chi connectivity index (χ3n) is 2.30. The summed E-state index contributed by atoms with van der Waals surface area (Å²) in [5, 5.41) is 12.6. The molecule has 2 rings (SSSR count). The minimum Gasteiger partial charge on any atom is -0.389 e. The quantitative estimate of drug-likeness (QED) is 0.745. The Hall–Kier alpha value is -1.06. The molecule has 1 aromatic rings. The number of carbonyl (C=O) groups excluding carboxylic acids is 1. The van der Waals surface area contributed by atoms with Crippen LogP contribution in [0.25, 0.3) is 0 Å². The molecule has 1 aromatic carbocycles. The molecule has 0 radical (unpaired) electrons. The van der Waals surface area contributed by atoms with Gasteiger partial charge in [0.2, 0.25) is 5.91 Å². The number of rotatable bonds is 1. The number of aliphatic hydroxyl groups excluding tert-OH is 1. The first-order valence-electron chi connectivity index (χ1n) is 4.38. The highest BCUT2D eigenvalue weighted by Gasteiger charge is 2.20. The fourth-order valence-electron chi connectivity index (χ4n) is 1.59. The molecule has 14 heavy (non-hydrogen) atoms. The number of anilines is 1. The van der Waals surface area contributed by atoms with E-state index < -0.39 is 6.10 Å². The van der Waals surface area contributed by atoms with Gasteiger partial charge < -0.3 is 10.4 Å². The lowest BCUT2D eigenvalue weighted by Crippen LogP contribution is -2.03. The molecule has 0 saturated heterocycles. The van der Waals surface area contributed by atoms with E-state index in [1.54, 1.807) is 19.1 Å². The van der Waals surface area contributed by atoms with E-state index in [0.29, 0.717) is 17.0 Å². The third kappa shape index (κ3) is 1.49. The minimum absolute atomic E-state index is 0.0289. The first-order chi connectivity index (χ1) is 6.58. The second-order valence-electron chi connectivity index (χ2n) is 3.43. The van der Waals surface area contributed by atoms with Gasteiger partial charge in [0, 0.05) is 10.7 Å². The largest absolute Gasteiger partial charge is 0.389 e. The van der Waals surface area contributed by atoms with Gasteiger partial charge in [-0.3, -0.25) is 4.79 Å². The Labute approximate surface area is 86.7 Å². The molecule has 1 aliphatic heterocycles. The van der Waals surface area contributed by atoms with Gasteiger partial charge in [-0.15, -0.1) is 0 Å². The van der Waals surface area contributed by atoms with E-state index in [0.717, 1.165) is 11.3 Å². The number of aliphatic hydroxyl groups is 1. The van der Waals surface area contributed by atoms with Crippen LogP contribution < -0.4 is 5.32 Å². The first-order valence-corrected chi connectivity index (χ1v) is 4.76. The van der Waals surface area contributed by atoms with Crippen molar-refractivity contribution in [2.45, 2.75) is 19.4 Å². The summed E-state index contributed by atoms with van der Waals surface area (Å²) in [4.78, 5) is 11.1. The van der Waals surface area contributed by atoms with Crippen molar-refractivity contribution < 1.29 is 9.90 Å². The lowest BCUT2D eigenvalue weighted by atomic mass is 10.1. The molecule has 0 aromatic heterocycles. The number of nitrogens with one attached hydrogen (secondary N) is 1. The van der Waals surface area contributed by atoms with Crippen LogP contribution in [0.2, 0.25) is 5.02 Å². The molecule has 2 N–H and O–H groups in total. The van der Waals surface area contributed by atoms with Gasteiger partial charge in [0.05, 0.1) is 12.5 Å². The number of benzene rings is 1. The summed E-state index contributed by atoms with van der Waals surface area (Å²) in [6.07, 6.45) is -0.241. The molecule has 1 amide bonds. The molecule has 0 saturated carbocycles. The maximum absolute atomic E-state index is 11.1. The van der Waals surface area contributed by atoms with Crippen molar-refractivity contribution in [3.05, 3.63) is 28.3 Å². The fourth-order valence-corrected chi connectivity index (χ4v) is 1.91. The van der Waals surface area contributed by atoms with Gasteiger partial charge in [0.15, 0.2) is 0 Å². The van der Waals surface area contributed by atoms with Crippen LogP contribution in [0.4, 0.5) is 5.69 Å². The second kappa shape index (κ2) is 3.26. The molecule has 74 valence electrons. The van der Waals surface area contributed by atoms with Gasteiger partial charge in [-0.25, -0.2) is 0 Å². The zero-order valence-electron chi connectivity index (χ0n) is 7.67. The number of halogens is 1. The monoisotopic (exact) mass is 211 g/mol. The van der Waals surface area contributed by atoms with Crippen LogP contribution >= 0.6 is 11.6 Å². The van der Waals surface area contributed by atoms with Crippen molar-refractivity contribution in [3.63, 3.8) is 0 Å². The highest BCUT2D eigenvalue weighted by molar-refractivity contribution is 6.32. The standard InChI is InChI=1S/C10H10ClNO2/c1-5(13)7-2-6-3-10(14)12-9(6)4-8(7)11/h2,4-5,13H,3H2,1H3,(H,12,14)/t5-/m0/s1. The van der Waals surface area contributed by atoms with Gasteiger partial charge in [0.1, 0.15) is 0 Å². The van der Waals surface area contributed by atoms with Gasteiger partial charge >= 0.3 is 0 Å². The Bertz CT molecular complexity index is 401. The normalized spacial score (nSPS) is 16.4. The van der Waals surface area contributed by atoms with Crippen LogP contribution in [-0.4, -0.2) is 11.0 Å². The Kier molecular flexibility index (Phi) is 2.21. The lowest BCUT2D eigenvalue weighted by molar-refractivity contribution is -0.115. The maximum atomic E-state index is 11.1. The summed E-state index contributed by atoms with van der Waals surface area (Å²) >= 11 is 5.94. The average molecular weight is 212 g/mol. The highest BCUT2D eigenvalue weighted by atomic mass is 35.5. The summed E-state index contributed by atoms with van der Waals surface area (Å²) in [5.74, 6) is -0.0289. The number of carbonyl (C=O) groups is 1. The summed E-state index contributed by atoms with van der Waals surface area (Å²) in [5.41, 5.74) is 2.32. The fraction of sp³-hybridized carbons (Fsp3) is 0.300. The smallest absolute Gasteiger partial charge is 0.228 e. The van der Waals surface area contributed by atoms with E-state index in [1.165, 1.54) is 0 Å². The number of hydrogen-bond donors (Lipinski definition) is 2. The van der Waals surface area contributed by atoms with Crippen molar-refractivity contribution in [2.75, 3.05) is 5.32 Å². The van der Waals surface area contributed by atoms with Crippen LogP contribution in [0.15, 0.2) is 12.1 Å². The third-order valence-corrected chi connectivity index (χ3v) is 2.63. The maximum Gasteiger partial charge on any atom is 0.228 e. The van der Waals surface area contributed by atoms with Crippen LogP contribution in [0.1, 0.15) is 24.2 Å². The van der Waals surface area contributed by atoms with Gasteiger partial charge in [-0.1, -0.05) is 11.6 Å². The molecule has 4 heteroatoms. The van der Waals surface area contributed by atoms with Crippen LogP contribution in [0.5, 0.6) is 0 Å². The van der Waals surface area contributed by atoms with Crippen molar-refractivity contribution >= 4 is 23.2 Å². The molecular formula is C10H10ClNO2. The molecule has 1 heterocycles. The predicted molar refractivity (Wildman–Crippen MR) is 54.4 cm³/mol. The van der Waals surface area contributed by atoms with Crippen LogP contribution in [0, 0.1) is 0 Å². The molecular weight excluding hydrogens is 202 g/mol. The molecule has 1 aliphatic rings. The van der Waals surface area contributed by atoms with Crippen LogP contribution in [-0.2, 0) is 11.2 Å². The van der Waals surface area contributed by atoms with Crippen LogP contribution in [0.3, 0.4) is 0 Å². The Morgan fingerprint density at radius 3 is 2.93 bits per heavy atom. The Balaban J connectivity index is 2.50. The molecule has 0 unspecified atom stereocenters. The molecule has 0 spiro atoms. The molecule has 0 fully saturated rings. The van der Waals surface area contributed by atoms with E-state index in [9.17, 15) is 9.90 Å². The minimum atomic E-state index is -0.608. The van der Waals surface area contributed by atoms with Gasteiger partial charge in [-0.2, -0.15) is 0 Å². The number of hydrogen-bond acceptors (Lipinski definition) is 2. The lowest BCUT2D eigenvalue weighted by Gasteiger charge is -2.09. The second-order valence-corrected chi connectivity index (χ2v) is 3.84. The average Bonchev–Trinajstić information content (AvgIpc) is 2.42. The van der Waals surface area contributed by atoms with E-state index in [1.807, 2.05) is 0 Å². The Morgan fingerprint density at radius 2 is 2.29 bits per heavy atom. The summed E-state index contributed by atoms with van der Waals surface area (Å²) in [7, 11) is 0. The summed E-state index contributed by atoms with van der Waals surface area (Å²) in [6, 6.07) is 3.46. The van der Waals surface area contributed by atoms with E-state index in [2.05, 4.69) is 5.32 Å². The van der Waals surface area contributed by atoms with Crippen molar-refractivity contribution in [2.24, 2.45) is 0 Å². The Morgan fingerprint density at radius 1 is 1.57 bits per heavy atom. The number of fused-ring (bicyclic) bond motifs is 1. The van der Waals surface area contributed by atoms with Crippen molar-refractivity contribution in [1.29, 1.82) is 0 Å². The molecule has 1 atom stereocenters. The van der Waals surface area contributed by atoms with Gasteiger partial charge in [-0.05, 0) is 30.2 Å². The zero-order valence-corrected chi connectivity index (χ0v) is 8.43. The van der Waals surface area contributed by atoms with Crippen molar-refractivity contribution in [3.8, 4) is 0 Å². The summed E-state index contributed by atoms with van der Waals surface area (Å²) in [6.45, 7) is 1.65. The van der Waals surface area contributed by atoms with E-state index >= 15 is 0 Å². The first kappa shape index (κ1) is 9.49. The van der Waals surface area contributed by atoms with Crippen molar-refractivity contribution in [1.82, 2.24) is 0 Å². The van der Waals surface area contributed by atoms with E-state index in [4.69, 9.17) is 11.6 Å². The topological polar surface area (TPSA) is 49.3 Å². The SMILES string of the molecule is C[C@H](O)c1cc2c(cc1Cl)NC(=O)C2.